The van der Waals surface area contributed by atoms with Gasteiger partial charge >= 0.3 is 10.2 Å². The van der Waals surface area contributed by atoms with Crippen LogP contribution < -0.4 is 5.73 Å². The summed E-state index contributed by atoms with van der Waals surface area (Å²) in [6.07, 6.45) is 6.39. The van der Waals surface area contributed by atoms with Crippen LogP contribution in [0.15, 0.2) is 0 Å². The highest BCUT2D eigenvalue weighted by molar-refractivity contribution is 7.86. The molecule has 0 aromatic heterocycles. The van der Waals surface area contributed by atoms with E-state index in [1.807, 2.05) is 0 Å². The molecule has 1 aliphatic rings. The van der Waals surface area contributed by atoms with Crippen LogP contribution in [0.25, 0.3) is 0 Å². The third-order valence-electron chi connectivity index (χ3n) is 2.81. The predicted molar refractivity (Wildman–Crippen MR) is 54.1 cm³/mol. The molecule has 1 fully saturated rings. The van der Waals surface area contributed by atoms with Gasteiger partial charge in [-0.15, -0.1) is 3.89 Å². The molecule has 0 atom stereocenters. The minimum atomic E-state index is -4.44. The summed E-state index contributed by atoms with van der Waals surface area (Å²) >= 11 is 0. The van der Waals surface area contributed by atoms with Crippen LogP contribution in [0.5, 0.6) is 0 Å². The Morgan fingerprint density at radius 1 is 1.07 bits per heavy atom. The highest BCUT2D eigenvalue weighted by Crippen LogP contribution is 2.25. The van der Waals surface area contributed by atoms with Crippen LogP contribution >= 0.6 is 0 Å². The smallest absolute Gasteiger partial charge is 0.304 e. The standard InChI is InChI=1S/C9H18FNO2S/c10-14(12,13)8-9(11)6-4-2-1-3-5-7-9/h1-8,11H2. The summed E-state index contributed by atoms with van der Waals surface area (Å²) in [6, 6.07) is 0. The summed E-state index contributed by atoms with van der Waals surface area (Å²) in [6.45, 7) is 0. The largest absolute Gasteiger partial charge is 0.324 e. The van der Waals surface area contributed by atoms with E-state index in [1.165, 1.54) is 6.42 Å². The maximum Gasteiger partial charge on any atom is 0.304 e. The fraction of sp³-hybridized carbons (Fsp3) is 1.00. The van der Waals surface area contributed by atoms with E-state index in [0.717, 1.165) is 25.7 Å². The SMILES string of the molecule is NC1(CS(=O)(=O)F)CCCCCCC1. The van der Waals surface area contributed by atoms with E-state index < -0.39 is 21.5 Å². The summed E-state index contributed by atoms with van der Waals surface area (Å²) in [5.74, 6) is -0.514. The molecule has 1 rings (SSSR count). The first-order chi connectivity index (χ1) is 6.41. The number of hydrogen-bond acceptors (Lipinski definition) is 3. The first kappa shape index (κ1) is 11.9. The number of hydrogen-bond donors (Lipinski definition) is 1. The molecule has 0 saturated heterocycles. The first-order valence-electron chi connectivity index (χ1n) is 5.13. The van der Waals surface area contributed by atoms with E-state index in [9.17, 15) is 12.3 Å². The molecule has 2 N–H and O–H groups in total. The number of nitrogens with two attached hydrogens (primary N) is 1. The van der Waals surface area contributed by atoms with Crippen molar-refractivity contribution in [1.82, 2.24) is 0 Å². The summed E-state index contributed by atoms with van der Waals surface area (Å²) in [5, 5.41) is 0. The highest BCUT2D eigenvalue weighted by Gasteiger charge is 2.31. The molecule has 0 aliphatic heterocycles. The Hall–Kier alpha value is -0.160. The third kappa shape index (κ3) is 4.37. The molecule has 0 amide bonds. The zero-order valence-electron chi connectivity index (χ0n) is 8.34. The second-order valence-electron chi connectivity index (χ2n) is 4.31. The van der Waals surface area contributed by atoms with Gasteiger partial charge in [0, 0.05) is 5.54 Å². The molecule has 0 unspecified atom stereocenters. The Morgan fingerprint density at radius 3 is 1.93 bits per heavy atom. The monoisotopic (exact) mass is 223 g/mol. The van der Waals surface area contributed by atoms with E-state index in [4.69, 9.17) is 5.73 Å². The molecule has 0 aromatic carbocycles. The molecule has 84 valence electrons. The van der Waals surface area contributed by atoms with Gasteiger partial charge in [0.2, 0.25) is 0 Å². The minimum absolute atomic E-state index is 0.514. The summed E-state index contributed by atoms with van der Waals surface area (Å²) in [7, 11) is -4.44. The topological polar surface area (TPSA) is 60.2 Å². The molecule has 0 spiro atoms. The molecule has 0 bridgehead atoms. The fourth-order valence-corrected chi connectivity index (χ4v) is 3.07. The number of rotatable bonds is 2. The molecule has 0 heterocycles. The molecular formula is C9H18FNO2S. The zero-order chi connectivity index (χ0) is 10.7. The Morgan fingerprint density at radius 2 is 1.50 bits per heavy atom. The quantitative estimate of drug-likeness (QED) is 0.725. The predicted octanol–water partition coefficient (Wildman–Crippen LogP) is 1.73. The highest BCUT2D eigenvalue weighted by atomic mass is 32.3. The Labute approximate surface area is 85.1 Å². The van der Waals surface area contributed by atoms with Crippen LogP contribution in [0.1, 0.15) is 44.9 Å². The Balaban J connectivity index is 2.59. The minimum Gasteiger partial charge on any atom is -0.324 e. The second-order valence-corrected chi connectivity index (χ2v) is 5.68. The van der Waals surface area contributed by atoms with Gasteiger partial charge in [0.05, 0.1) is 5.75 Å². The lowest BCUT2D eigenvalue weighted by Crippen LogP contribution is -2.45. The van der Waals surface area contributed by atoms with E-state index in [2.05, 4.69) is 0 Å². The van der Waals surface area contributed by atoms with E-state index in [1.54, 1.807) is 0 Å². The lowest BCUT2D eigenvalue weighted by atomic mass is 9.86. The van der Waals surface area contributed by atoms with Gasteiger partial charge in [-0.1, -0.05) is 32.1 Å². The van der Waals surface area contributed by atoms with Crippen molar-refractivity contribution in [3.8, 4) is 0 Å². The fourth-order valence-electron chi connectivity index (χ4n) is 2.10. The van der Waals surface area contributed by atoms with Crippen molar-refractivity contribution in [1.29, 1.82) is 0 Å². The van der Waals surface area contributed by atoms with Crippen molar-refractivity contribution in [2.24, 2.45) is 5.73 Å². The van der Waals surface area contributed by atoms with Crippen LogP contribution in [0, 0.1) is 0 Å². The zero-order valence-corrected chi connectivity index (χ0v) is 9.15. The van der Waals surface area contributed by atoms with Gasteiger partial charge in [-0.3, -0.25) is 0 Å². The molecule has 3 nitrogen and oxygen atoms in total. The molecule has 0 radical (unpaired) electrons. The average Bonchev–Trinajstić information content (AvgIpc) is 1.95. The second kappa shape index (κ2) is 4.57. The van der Waals surface area contributed by atoms with E-state index in [0.29, 0.717) is 12.8 Å². The Bertz CT molecular complexity index is 269. The van der Waals surface area contributed by atoms with Crippen molar-refractivity contribution >= 4 is 10.2 Å². The average molecular weight is 223 g/mol. The molecule has 1 aliphatic carbocycles. The van der Waals surface area contributed by atoms with Crippen molar-refractivity contribution in [2.75, 3.05) is 5.75 Å². The molecule has 1 saturated carbocycles. The molecule has 5 heteroatoms. The van der Waals surface area contributed by atoms with Crippen LogP contribution in [-0.2, 0) is 10.2 Å². The summed E-state index contributed by atoms with van der Waals surface area (Å²) in [5.41, 5.74) is 5.07. The van der Waals surface area contributed by atoms with Crippen molar-refractivity contribution in [3.05, 3.63) is 0 Å². The lowest BCUT2D eigenvalue weighted by Gasteiger charge is -2.29. The van der Waals surface area contributed by atoms with Crippen molar-refractivity contribution in [2.45, 2.75) is 50.5 Å². The van der Waals surface area contributed by atoms with E-state index in [-0.39, 0.29) is 0 Å². The van der Waals surface area contributed by atoms with Gasteiger partial charge < -0.3 is 5.73 Å². The van der Waals surface area contributed by atoms with Crippen molar-refractivity contribution in [3.63, 3.8) is 0 Å². The number of halogens is 1. The first-order valence-corrected chi connectivity index (χ1v) is 6.68. The van der Waals surface area contributed by atoms with Crippen molar-refractivity contribution < 1.29 is 12.3 Å². The van der Waals surface area contributed by atoms with E-state index >= 15 is 0 Å². The van der Waals surface area contributed by atoms with Gasteiger partial charge in [0.1, 0.15) is 0 Å². The lowest BCUT2D eigenvalue weighted by molar-refractivity contribution is 0.341. The maximum atomic E-state index is 12.5. The molecule has 14 heavy (non-hydrogen) atoms. The summed E-state index contributed by atoms with van der Waals surface area (Å²) < 4.78 is 33.7. The van der Waals surface area contributed by atoms with Gasteiger partial charge in [-0.05, 0) is 12.8 Å². The van der Waals surface area contributed by atoms with Crippen LogP contribution in [-0.4, -0.2) is 19.7 Å². The normalized spacial score (nSPS) is 23.9. The Kier molecular flexibility index (Phi) is 3.89. The van der Waals surface area contributed by atoms with Crippen LogP contribution in [0.4, 0.5) is 3.89 Å². The third-order valence-corrected chi connectivity index (χ3v) is 3.73. The van der Waals surface area contributed by atoms with Gasteiger partial charge in [-0.25, -0.2) is 0 Å². The molecule has 0 aromatic rings. The molecular weight excluding hydrogens is 205 g/mol. The van der Waals surface area contributed by atoms with Crippen LogP contribution in [0.2, 0.25) is 0 Å². The van der Waals surface area contributed by atoms with Gasteiger partial charge in [0.15, 0.2) is 0 Å². The van der Waals surface area contributed by atoms with Crippen LogP contribution in [0.3, 0.4) is 0 Å². The summed E-state index contributed by atoms with van der Waals surface area (Å²) in [4.78, 5) is 0. The van der Waals surface area contributed by atoms with Gasteiger partial charge in [-0.2, -0.15) is 8.42 Å². The van der Waals surface area contributed by atoms with Gasteiger partial charge in [0.25, 0.3) is 0 Å². The maximum absolute atomic E-state index is 12.5.